The highest BCUT2D eigenvalue weighted by atomic mass is 16.5. The lowest BCUT2D eigenvalue weighted by atomic mass is 10.2. The molecular weight excluding hydrogens is 176 g/mol. The number of hydrogen-bond donors (Lipinski definition) is 0. The highest BCUT2D eigenvalue weighted by Gasteiger charge is 2.07. The third-order valence-corrected chi connectivity index (χ3v) is 2.25. The quantitative estimate of drug-likeness (QED) is 0.495. The molecule has 0 radical (unpaired) electrons. The first kappa shape index (κ1) is 8.81. The average molecular weight is 188 g/mol. The van der Waals surface area contributed by atoms with Crippen molar-refractivity contribution in [2.24, 2.45) is 0 Å². The Bertz CT molecular complexity index is 443. The molecule has 3 nitrogen and oxygen atoms in total. The summed E-state index contributed by atoms with van der Waals surface area (Å²) in [5.74, 6) is 0. The van der Waals surface area contributed by atoms with Gasteiger partial charge in [0.2, 0.25) is 5.69 Å². The van der Waals surface area contributed by atoms with Crippen LogP contribution in [0.5, 0.6) is 0 Å². The lowest BCUT2D eigenvalue weighted by Crippen LogP contribution is -2.38. The van der Waals surface area contributed by atoms with Gasteiger partial charge >= 0.3 is 0 Å². The minimum absolute atomic E-state index is 0.700. The van der Waals surface area contributed by atoms with Gasteiger partial charge in [-0.1, -0.05) is 22.5 Å². The predicted molar refractivity (Wildman–Crippen MR) is 54.2 cm³/mol. The van der Waals surface area contributed by atoms with Crippen molar-refractivity contribution in [2.45, 2.75) is 13.8 Å². The Kier molecular flexibility index (Phi) is 2.00. The molecule has 0 saturated heterocycles. The normalized spacial score (nSPS) is 10.4. The minimum atomic E-state index is 0.700. The van der Waals surface area contributed by atoms with Crippen molar-refractivity contribution in [3.05, 3.63) is 53.0 Å². The largest absolute Gasteiger partial charge is 0.595 e. The van der Waals surface area contributed by atoms with Crippen LogP contribution in [0.2, 0.25) is 0 Å². The third kappa shape index (κ3) is 1.37. The van der Waals surface area contributed by atoms with Crippen LogP contribution < -0.4 is 4.85 Å². The summed E-state index contributed by atoms with van der Waals surface area (Å²) < 4.78 is 1.58. The fourth-order valence-electron chi connectivity index (χ4n) is 1.36. The second kappa shape index (κ2) is 3.18. The first-order chi connectivity index (χ1) is 6.68. The van der Waals surface area contributed by atoms with Crippen molar-refractivity contribution >= 4 is 0 Å². The molecule has 0 bridgehead atoms. The van der Waals surface area contributed by atoms with Crippen molar-refractivity contribution in [3.63, 3.8) is 0 Å². The molecule has 0 unspecified atom stereocenters. The van der Waals surface area contributed by atoms with Crippen molar-refractivity contribution < 1.29 is 4.85 Å². The van der Waals surface area contributed by atoms with E-state index >= 15 is 0 Å². The molecule has 0 aliphatic carbocycles. The number of rotatable bonds is 1. The maximum Gasteiger partial charge on any atom is 0.218 e. The molecule has 14 heavy (non-hydrogen) atoms. The van der Waals surface area contributed by atoms with E-state index in [4.69, 9.17) is 0 Å². The van der Waals surface area contributed by atoms with Gasteiger partial charge in [0.1, 0.15) is 5.69 Å². The molecule has 2 aromatic rings. The average Bonchev–Trinajstić information content (AvgIpc) is 2.50. The van der Waals surface area contributed by atoms with Gasteiger partial charge in [0, 0.05) is 13.0 Å². The van der Waals surface area contributed by atoms with Crippen LogP contribution in [-0.2, 0) is 0 Å². The molecule has 0 aliphatic rings. The van der Waals surface area contributed by atoms with Gasteiger partial charge in [-0.15, -0.1) is 4.68 Å². The summed E-state index contributed by atoms with van der Waals surface area (Å²) in [5, 5.41) is 11.5. The van der Waals surface area contributed by atoms with E-state index < -0.39 is 0 Å². The zero-order valence-electron chi connectivity index (χ0n) is 8.27. The van der Waals surface area contributed by atoms with Gasteiger partial charge in [-0.2, -0.15) is 0 Å². The van der Waals surface area contributed by atoms with Gasteiger partial charge in [0.05, 0.1) is 6.20 Å². The van der Waals surface area contributed by atoms with Gasteiger partial charge in [-0.25, -0.2) is 0 Å². The highest BCUT2D eigenvalue weighted by Crippen LogP contribution is 2.07. The van der Waals surface area contributed by atoms with E-state index in [9.17, 15) is 5.21 Å². The first-order valence-corrected chi connectivity index (χ1v) is 4.53. The van der Waals surface area contributed by atoms with E-state index in [0.29, 0.717) is 5.69 Å². The molecule has 0 spiro atoms. The maximum absolute atomic E-state index is 11.5. The summed E-state index contributed by atoms with van der Waals surface area (Å²) >= 11 is 0. The van der Waals surface area contributed by atoms with E-state index in [1.165, 1.54) is 5.56 Å². The summed E-state index contributed by atoms with van der Waals surface area (Å²) in [5.41, 5.74) is 2.78. The number of nitrogens with zero attached hydrogens (tertiary/aromatic N) is 2. The van der Waals surface area contributed by atoms with Gasteiger partial charge in [-0.3, -0.25) is 0 Å². The monoisotopic (exact) mass is 188 g/mol. The summed E-state index contributed by atoms with van der Waals surface area (Å²) in [7, 11) is 0. The predicted octanol–water partition coefficient (Wildman–Crippen LogP) is 1.73. The Morgan fingerprint density at radius 2 is 1.71 bits per heavy atom. The lowest BCUT2D eigenvalue weighted by molar-refractivity contribution is -0.689. The van der Waals surface area contributed by atoms with Crippen LogP contribution in [-0.4, -0.2) is 4.68 Å². The molecule has 0 N–H and O–H groups in total. The van der Waals surface area contributed by atoms with Crippen molar-refractivity contribution in [1.82, 2.24) is 4.68 Å². The van der Waals surface area contributed by atoms with Crippen LogP contribution in [0.1, 0.15) is 11.3 Å². The molecule has 0 atom stereocenters. The molecular formula is C11H12N2O. The van der Waals surface area contributed by atoms with Crippen LogP contribution in [0.25, 0.3) is 5.69 Å². The van der Waals surface area contributed by atoms with E-state index in [1.807, 2.05) is 31.2 Å². The van der Waals surface area contributed by atoms with E-state index in [0.717, 1.165) is 10.5 Å². The molecule has 0 fully saturated rings. The number of aryl methyl sites for hydroxylation is 2. The molecule has 1 aromatic carbocycles. The van der Waals surface area contributed by atoms with E-state index in [1.54, 1.807) is 23.9 Å². The maximum atomic E-state index is 11.5. The lowest BCUT2D eigenvalue weighted by Gasteiger charge is -2.03. The molecule has 0 amide bonds. The molecule has 72 valence electrons. The second-order valence-corrected chi connectivity index (χ2v) is 3.41. The molecule has 0 aliphatic heterocycles. The molecule has 1 aromatic heterocycles. The highest BCUT2D eigenvalue weighted by molar-refractivity contribution is 5.32. The van der Waals surface area contributed by atoms with Crippen molar-refractivity contribution in [1.29, 1.82) is 0 Å². The minimum Gasteiger partial charge on any atom is -0.595 e. The SMILES string of the molecule is Cc1ccc(-n2ccc(C)[n+]2[O-])cc1. The zero-order valence-corrected chi connectivity index (χ0v) is 8.27. The van der Waals surface area contributed by atoms with Crippen LogP contribution >= 0.6 is 0 Å². The summed E-state index contributed by atoms with van der Waals surface area (Å²) in [6.45, 7) is 3.81. The molecule has 3 heteroatoms. The van der Waals surface area contributed by atoms with E-state index in [2.05, 4.69) is 0 Å². The second-order valence-electron chi connectivity index (χ2n) is 3.41. The van der Waals surface area contributed by atoms with Crippen molar-refractivity contribution in [2.75, 3.05) is 0 Å². The third-order valence-electron chi connectivity index (χ3n) is 2.25. The van der Waals surface area contributed by atoms with Crippen LogP contribution in [0.4, 0.5) is 0 Å². The van der Waals surface area contributed by atoms with Gasteiger partial charge in [0.15, 0.2) is 0 Å². The molecule has 1 heterocycles. The number of benzene rings is 1. The Morgan fingerprint density at radius 1 is 1.07 bits per heavy atom. The Labute approximate surface area is 82.8 Å². The zero-order chi connectivity index (χ0) is 10.1. The Morgan fingerprint density at radius 3 is 2.21 bits per heavy atom. The van der Waals surface area contributed by atoms with Gasteiger partial charge in [0.25, 0.3) is 0 Å². The topological polar surface area (TPSA) is 31.9 Å². The standard InChI is InChI=1S/C11H12N2O/c1-9-3-5-11(6-4-9)12-8-7-10(2)13(12)14/h3-8H,1-2H3. The van der Waals surface area contributed by atoms with Crippen molar-refractivity contribution in [3.8, 4) is 5.69 Å². The first-order valence-electron chi connectivity index (χ1n) is 4.53. The molecule has 0 saturated carbocycles. The number of aromatic nitrogens is 2. The van der Waals surface area contributed by atoms with Crippen LogP contribution in [0.3, 0.4) is 0 Å². The van der Waals surface area contributed by atoms with E-state index in [-0.39, 0.29) is 0 Å². The van der Waals surface area contributed by atoms with Crippen LogP contribution in [0, 0.1) is 19.1 Å². The molecule has 2 rings (SSSR count). The van der Waals surface area contributed by atoms with Crippen LogP contribution in [0.15, 0.2) is 36.5 Å². The number of hydrogen-bond acceptors (Lipinski definition) is 1. The fraction of sp³-hybridized carbons (Fsp3) is 0.182. The van der Waals surface area contributed by atoms with Gasteiger partial charge in [-0.05, 0) is 19.1 Å². The summed E-state index contributed by atoms with van der Waals surface area (Å²) in [4.78, 5) is 0.880. The van der Waals surface area contributed by atoms with Gasteiger partial charge < -0.3 is 5.21 Å². The Balaban J connectivity index is 2.49. The summed E-state index contributed by atoms with van der Waals surface area (Å²) in [6.07, 6.45) is 1.77. The summed E-state index contributed by atoms with van der Waals surface area (Å²) in [6, 6.07) is 9.65. The Hall–Kier alpha value is -1.77. The smallest absolute Gasteiger partial charge is 0.218 e. The fourth-order valence-corrected chi connectivity index (χ4v) is 1.36.